The van der Waals surface area contributed by atoms with Gasteiger partial charge in [0.2, 0.25) is 0 Å². The zero-order valence-corrected chi connectivity index (χ0v) is 23.9. The Morgan fingerprint density at radius 2 is 1.50 bits per heavy atom. The molecule has 0 saturated heterocycles. The van der Waals surface area contributed by atoms with Crippen molar-refractivity contribution < 1.29 is 39.2 Å². The maximum absolute atomic E-state index is 12.8. The highest BCUT2D eigenvalue weighted by Gasteiger charge is 2.40. The minimum Gasteiger partial charge on any atom is -0.456 e. The summed E-state index contributed by atoms with van der Waals surface area (Å²) in [6, 6.07) is -0.925. The Bertz CT molecular complexity index is 768. The lowest BCUT2D eigenvalue weighted by molar-refractivity contribution is -0.158. The van der Waals surface area contributed by atoms with Gasteiger partial charge in [0.15, 0.2) is 6.10 Å². The Morgan fingerprint density at radius 3 is 1.92 bits per heavy atom. The number of aliphatic hydroxyl groups excluding tert-OH is 3. The summed E-state index contributed by atoms with van der Waals surface area (Å²) in [4.78, 5) is 37.0. The average molecular weight is 516 g/mol. The van der Waals surface area contributed by atoms with E-state index in [4.69, 9.17) is 9.47 Å². The number of ether oxygens (including phenoxy) is 2. The van der Waals surface area contributed by atoms with Gasteiger partial charge in [0.25, 0.3) is 0 Å². The van der Waals surface area contributed by atoms with Crippen LogP contribution in [-0.4, -0.2) is 69.7 Å². The molecule has 0 saturated carbocycles. The number of hydrogen-bond acceptors (Lipinski definition) is 8. The van der Waals surface area contributed by atoms with Crippen molar-refractivity contribution >= 4 is 18.3 Å². The number of aldehydes is 1. The van der Waals surface area contributed by atoms with Crippen LogP contribution in [0.3, 0.4) is 0 Å². The summed E-state index contributed by atoms with van der Waals surface area (Å²) in [7, 11) is 0. The Kier molecular flexibility index (Phi) is 13.3. The summed E-state index contributed by atoms with van der Waals surface area (Å²) in [5.74, 6) is -1.79. The summed E-state index contributed by atoms with van der Waals surface area (Å²) in [6.07, 6.45) is -3.83. The Balaban J connectivity index is 5.67. The average Bonchev–Trinajstić information content (AvgIpc) is 2.75. The van der Waals surface area contributed by atoms with Gasteiger partial charge in [0.05, 0.1) is 24.2 Å². The van der Waals surface area contributed by atoms with Gasteiger partial charge >= 0.3 is 12.1 Å². The van der Waals surface area contributed by atoms with Crippen LogP contribution in [0.15, 0.2) is 11.1 Å². The fourth-order valence-electron chi connectivity index (χ4n) is 3.91. The quantitative estimate of drug-likeness (QED) is 0.166. The van der Waals surface area contributed by atoms with Gasteiger partial charge in [-0.2, -0.15) is 0 Å². The molecule has 1 amide bonds. The molecule has 9 nitrogen and oxygen atoms in total. The summed E-state index contributed by atoms with van der Waals surface area (Å²) >= 11 is 0. The zero-order chi connectivity index (χ0) is 28.6. The van der Waals surface area contributed by atoms with Gasteiger partial charge in [-0.25, -0.2) is 9.59 Å². The molecule has 4 N–H and O–H groups in total. The molecule has 0 fully saturated rings. The predicted octanol–water partition coefficient (Wildman–Crippen LogP) is 3.53. The summed E-state index contributed by atoms with van der Waals surface area (Å²) < 4.78 is 10.7. The van der Waals surface area contributed by atoms with Gasteiger partial charge < -0.3 is 34.9 Å². The molecule has 1 unspecified atom stereocenters. The number of carbonyl (C=O) groups excluding carboxylic acids is 3. The molecule has 0 aromatic carbocycles. The van der Waals surface area contributed by atoms with Crippen molar-refractivity contribution in [1.29, 1.82) is 0 Å². The van der Waals surface area contributed by atoms with Crippen molar-refractivity contribution in [2.45, 2.75) is 125 Å². The number of hydrogen-bond donors (Lipinski definition) is 4. The van der Waals surface area contributed by atoms with Crippen molar-refractivity contribution in [3.63, 3.8) is 0 Å². The van der Waals surface area contributed by atoms with Crippen molar-refractivity contribution in [2.24, 2.45) is 17.3 Å². The van der Waals surface area contributed by atoms with Crippen molar-refractivity contribution in [3.05, 3.63) is 11.1 Å². The second-order valence-corrected chi connectivity index (χ2v) is 11.6. The van der Waals surface area contributed by atoms with E-state index in [2.05, 4.69) is 5.32 Å². The lowest BCUT2D eigenvalue weighted by Gasteiger charge is -2.38. The van der Waals surface area contributed by atoms with E-state index in [1.807, 2.05) is 13.8 Å². The number of amides is 1. The van der Waals surface area contributed by atoms with Gasteiger partial charge in [0.1, 0.15) is 18.0 Å². The molecule has 0 rings (SSSR count). The van der Waals surface area contributed by atoms with E-state index in [1.54, 1.807) is 62.3 Å². The molecule has 0 radical (unpaired) electrons. The number of alkyl carbamates (subject to hydrolysis) is 1. The zero-order valence-electron chi connectivity index (χ0n) is 23.9. The maximum atomic E-state index is 12.8. The van der Waals surface area contributed by atoms with Crippen LogP contribution in [0, 0.1) is 17.3 Å². The number of rotatable bonds is 13. The Labute approximate surface area is 216 Å². The first kappa shape index (κ1) is 34.0. The van der Waals surface area contributed by atoms with Crippen LogP contribution in [0.25, 0.3) is 0 Å². The Hall–Kier alpha value is -1.97. The highest BCUT2D eigenvalue weighted by molar-refractivity contribution is 5.77. The topological polar surface area (TPSA) is 142 Å². The van der Waals surface area contributed by atoms with Crippen LogP contribution in [-0.2, 0) is 19.1 Å². The first-order chi connectivity index (χ1) is 16.3. The van der Waals surface area contributed by atoms with E-state index < -0.39 is 59.5 Å². The van der Waals surface area contributed by atoms with Gasteiger partial charge in [0, 0.05) is 5.41 Å². The summed E-state index contributed by atoms with van der Waals surface area (Å²) in [5.41, 5.74) is -0.647. The predicted molar refractivity (Wildman–Crippen MR) is 138 cm³/mol. The second kappa shape index (κ2) is 14.1. The lowest BCUT2D eigenvalue weighted by Crippen LogP contribution is -2.50. The molecule has 0 aliphatic rings. The van der Waals surface area contributed by atoms with Crippen LogP contribution >= 0.6 is 0 Å². The van der Waals surface area contributed by atoms with Gasteiger partial charge in [-0.1, -0.05) is 40.2 Å². The third kappa shape index (κ3) is 10.2. The fraction of sp³-hybridized carbons (Fsp3) is 0.815. The van der Waals surface area contributed by atoms with Crippen molar-refractivity contribution in [2.75, 3.05) is 0 Å². The fourth-order valence-corrected chi connectivity index (χ4v) is 3.91. The maximum Gasteiger partial charge on any atom is 0.407 e. The summed E-state index contributed by atoms with van der Waals surface area (Å²) in [6.45, 7) is 19.0. The normalized spacial score (nSPS) is 18.3. The monoisotopic (exact) mass is 515 g/mol. The van der Waals surface area contributed by atoms with Crippen LogP contribution < -0.4 is 5.32 Å². The van der Waals surface area contributed by atoms with E-state index in [9.17, 15) is 29.7 Å². The first-order valence-electron chi connectivity index (χ1n) is 12.7. The highest BCUT2D eigenvalue weighted by atomic mass is 16.6. The van der Waals surface area contributed by atoms with E-state index in [0.717, 1.165) is 0 Å². The van der Waals surface area contributed by atoms with Crippen LogP contribution in [0.2, 0.25) is 0 Å². The molecule has 0 spiro atoms. The van der Waals surface area contributed by atoms with Gasteiger partial charge in [-0.05, 0) is 65.9 Å². The molecular weight excluding hydrogens is 466 g/mol. The smallest absolute Gasteiger partial charge is 0.407 e. The van der Waals surface area contributed by atoms with Crippen LogP contribution in [0.1, 0.15) is 89.0 Å². The third-order valence-corrected chi connectivity index (χ3v) is 6.57. The van der Waals surface area contributed by atoms with E-state index in [-0.39, 0.29) is 5.92 Å². The number of carbonyl (C=O) groups is 3. The molecule has 0 aromatic heterocycles. The third-order valence-electron chi connectivity index (χ3n) is 6.57. The molecule has 0 aliphatic heterocycles. The Morgan fingerprint density at radius 1 is 0.972 bits per heavy atom. The van der Waals surface area contributed by atoms with Crippen molar-refractivity contribution in [3.8, 4) is 0 Å². The SMILES string of the molecule is CC[C@H](O)C(C)(C)[C@@H](O)[C@@H](C=O)/C(C)=C(\C)[C@H](C)OC(=O)C(O)[C@H](CC(C)C)NC(=O)OC(C)(C)C. The molecule has 0 bridgehead atoms. The van der Waals surface area contributed by atoms with Gasteiger partial charge in [-0.15, -0.1) is 0 Å². The molecule has 6 atom stereocenters. The van der Waals surface area contributed by atoms with Gasteiger partial charge in [-0.3, -0.25) is 0 Å². The minimum atomic E-state index is -1.64. The number of nitrogens with one attached hydrogen (secondary N) is 1. The number of aliphatic hydroxyl groups is 3. The molecular formula is C27H49NO8. The minimum absolute atomic E-state index is 0.0605. The molecule has 0 aromatic rings. The second-order valence-electron chi connectivity index (χ2n) is 11.6. The molecule has 0 heterocycles. The largest absolute Gasteiger partial charge is 0.456 e. The van der Waals surface area contributed by atoms with E-state index in [0.29, 0.717) is 30.3 Å². The molecule has 9 heteroatoms. The number of esters is 1. The van der Waals surface area contributed by atoms with Crippen LogP contribution in [0.4, 0.5) is 4.79 Å². The first-order valence-corrected chi connectivity index (χ1v) is 12.7. The van der Waals surface area contributed by atoms with E-state index >= 15 is 0 Å². The lowest BCUT2D eigenvalue weighted by atomic mass is 9.72. The molecule has 36 heavy (non-hydrogen) atoms. The highest BCUT2D eigenvalue weighted by Crippen LogP contribution is 2.35. The molecule has 210 valence electrons. The summed E-state index contributed by atoms with van der Waals surface area (Å²) in [5, 5.41) is 34.5. The van der Waals surface area contributed by atoms with E-state index in [1.165, 1.54) is 0 Å². The van der Waals surface area contributed by atoms with Crippen LogP contribution in [0.5, 0.6) is 0 Å². The standard InChI is InChI=1S/C27H49NO8/c1-12-21(30)27(10,11)23(32)19(14-29)17(5)16(4)18(6)35-24(33)22(31)20(13-15(2)3)28-25(34)36-26(7,8)9/h14-15,18-23,30-32H,12-13H2,1-11H3,(H,28,34)/b17-16+/t18-,19-,20-,21-,22?,23-/m0/s1. The molecule has 0 aliphatic carbocycles. The van der Waals surface area contributed by atoms with Crippen molar-refractivity contribution in [1.82, 2.24) is 5.32 Å².